The summed E-state index contributed by atoms with van der Waals surface area (Å²) < 4.78 is 5.65. The molecule has 0 aromatic carbocycles. The van der Waals surface area contributed by atoms with Gasteiger partial charge in [0.25, 0.3) is 0 Å². The second-order valence-corrected chi connectivity index (χ2v) is 4.84. The molecular weight excluding hydrogens is 216 g/mol. The number of aromatic nitrogens is 2. The number of anilines is 1. The molecule has 1 saturated heterocycles. The van der Waals surface area contributed by atoms with Crippen LogP contribution in [0.2, 0.25) is 0 Å². The van der Waals surface area contributed by atoms with E-state index in [1.807, 2.05) is 6.07 Å². The van der Waals surface area contributed by atoms with Crippen molar-refractivity contribution in [2.45, 2.75) is 38.3 Å². The molecule has 1 unspecified atom stereocenters. The molecule has 1 aromatic rings. The molecule has 0 aliphatic carbocycles. The summed E-state index contributed by atoms with van der Waals surface area (Å²) in [6, 6.07) is 2.30. The van der Waals surface area contributed by atoms with Crippen LogP contribution in [0.1, 0.15) is 32.4 Å². The Bertz CT molecular complexity index is 421. The lowest BCUT2D eigenvalue weighted by Gasteiger charge is -2.35. The second-order valence-electron chi connectivity index (χ2n) is 4.84. The van der Waals surface area contributed by atoms with Crippen LogP contribution < -0.4 is 5.32 Å². The first-order chi connectivity index (χ1) is 8.09. The first-order valence-electron chi connectivity index (χ1n) is 5.72. The van der Waals surface area contributed by atoms with E-state index in [4.69, 9.17) is 10.00 Å². The van der Waals surface area contributed by atoms with Crippen LogP contribution in [-0.4, -0.2) is 28.2 Å². The van der Waals surface area contributed by atoms with Crippen LogP contribution in [0.15, 0.2) is 12.4 Å². The fourth-order valence-electron chi connectivity index (χ4n) is 2.02. The van der Waals surface area contributed by atoms with Crippen LogP contribution in [0.5, 0.6) is 0 Å². The molecule has 1 aliphatic heterocycles. The fraction of sp³-hybridized carbons (Fsp3) is 0.583. The van der Waals surface area contributed by atoms with Gasteiger partial charge in [0, 0.05) is 12.6 Å². The van der Waals surface area contributed by atoms with Gasteiger partial charge in [0.2, 0.25) is 0 Å². The Morgan fingerprint density at radius 1 is 1.47 bits per heavy atom. The van der Waals surface area contributed by atoms with Gasteiger partial charge in [0.05, 0.1) is 18.0 Å². The Balaban J connectivity index is 1.98. The summed E-state index contributed by atoms with van der Waals surface area (Å²) in [5.74, 6) is 0.715. The largest absolute Gasteiger partial charge is 0.375 e. The summed E-state index contributed by atoms with van der Waals surface area (Å²) >= 11 is 0. The predicted molar refractivity (Wildman–Crippen MR) is 63.4 cm³/mol. The maximum atomic E-state index is 8.63. The Labute approximate surface area is 101 Å². The van der Waals surface area contributed by atoms with Gasteiger partial charge >= 0.3 is 0 Å². The van der Waals surface area contributed by atoms with Crippen LogP contribution in [0.4, 0.5) is 5.82 Å². The minimum Gasteiger partial charge on any atom is -0.375 e. The molecule has 1 aromatic heterocycles. The number of nitriles is 1. The second kappa shape index (κ2) is 4.68. The van der Waals surface area contributed by atoms with Gasteiger partial charge in [0.1, 0.15) is 11.9 Å². The summed E-state index contributed by atoms with van der Waals surface area (Å²) in [4.78, 5) is 8.14. The zero-order valence-corrected chi connectivity index (χ0v) is 10.1. The Hall–Kier alpha value is -1.67. The van der Waals surface area contributed by atoms with E-state index in [0.717, 1.165) is 19.4 Å². The highest BCUT2D eigenvalue weighted by Crippen LogP contribution is 2.25. The van der Waals surface area contributed by atoms with Crippen molar-refractivity contribution in [1.29, 1.82) is 5.26 Å². The highest BCUT2D eigenvalue weighted by molar-refractivity contribution is 5.34. The summed E-state index contributed by atoms with van der Waals surface area (Å²) in [5, 5.41) is 12.0. The molecule has 2 rings (SSSR count). The van der Waals surface area contributed by atoms with Crippen LogP contribution in [0.25, 0.3) is 0 Å². The molecule has 2 heterocycles. The molecule has 1 fully saturated rings. The normalized spacial score (nSPS) is 22.8. The number of ether oxygens (including phenoxy) is 1. The molecule has 0 radical (unpaired) electrons. The van der Waals surface area contributed by atoms with Crippen molar-refractivity contribution in [2.75, 3.05) is 11.9 Å². The van der Waals surface area contributed by atoms with Gasteiger partial charge in [-0.3, -0.25) is 0 Å². The van der Waals surface area contributed by atoms with Crippen molar-refractivity contribution in [1.82, 2.24) is 9.97 Å². The smallest absolute Gasteiger partial charge is 0.158 e. The van der Waals surface area contributed by atoms with Gasteiger partial charge in [-0.05, 0) is 26.7 Å². The Kier molecular flexibility index (Phi) is 3.25. The maximum Gasteiger partial charge on any atom is 0.158 e. The van der Waals surface area contributed by atoms with E-state index in [-0.39, 0.29) is 5.60 Å². The molecule has 5 nitrogen and oxygen atoms in total. The highest BCUT2D eigenvalue weighted by atomic mass is 16.5. The molecule has 1 N–H and O–H groups in total. The molecule has 0 amide bonds. The highest BCUT2D eigenvalue weighted by Gasteiger charge is 2.28. The van der Waals surface area contributed by atoms with E-state index in [1.54, 1.807) is 6.20 Å². The van der Waals surface area contributed by atoms with Gasteiger partial charge in [-0.2, -0.15) is 5.26 Å². The van der Waals surface area contributed by atoms with Crippen LogP contribution >= 0.6 is 0 Å². The third-order valence-electron chi connectivity index (χ3n) is 2.82. The number of nitrogens with zero attached hydrogens (tertiary/aromatic N) is 3. The van der Waals surface area contributed by atoms with Gasteiger partial charge < -0.3 is 10.1 Å². The van der Waals surface area contributed by atoms with Crippen LogP contribution in [-0.2, 0) is 4.74 Å². The average Bonchev–Trinajstić information content (AvgIpc) is 2.29. The van der Waals surface area contributed by atoms with Gasteiger partial charge in [-0.15, -0.1) is 0 Å². The molecule has 0 spiro atoms. The quantitative estimate of drug-likeness (QED) is 0.840. The lowest BCUT2D eigenvalue weighted by molar-refractivity contribution is -0.0553. The van der Waals surface area contributed by atoms with E-state index in [1.165, 1.54) is 6.20 Å². The molecule has 0 saturated carbocycles. The zero-order valence-electron chi connectivity index (χ0n) is 10.1. The third kappa shape index (κ3) is 3.14. The first-order valence-corrected chi connectivity index (χ1v) is 5.72. The average molecular weight is 232 g/mol. The minimum absolute atomic E-state index is 0.0874. The maximum absolute atomic E-state index is 8.63. The molecular formula is C12H16N4O. The van der Waals surface area contributed by atoms with E-state index in [2.05, 4.69) is 29.1 Å². The van der Waals surface area contributed by atoms with Gasteiger partial charge in [-0.25, -0.2) is 9.97 Å². The topological polar surface area (TPSA) is 70.8 Å². The number of hydrogen-bond donors (Lipinski definition) is 1. The lowest BCUT2D eigenvalue weighted by atomic mass is 9.94. The van der Waals surface area contributed by atoms with E-state index in [9.17, 15) is 0 Å². The molecule has 17 heavy (non-hydrogen) atoms. The third-order valence-corrected chi connectivity index (χ3v) is 2.82. The number of hydrogen-bond acceptors (Lipinski definition) is 5. The van der Waals surface area contributed by atoms with Crippen molar-refractivity contribution >= 4 is 5.82 Å². The molecule has 1 aliphatic rings. The standard InChI is InChI=1S/C12H16N4O/c1-12(2)5-9(3-4-17-12)16-11-8-14-10(6-13)7-15-11/h7-9H,3-5H2,1-2H3,(H,15,16). The summed E-state index contributed by atoms with van der Waals surface area (Å²) in [6.45, 7) is 4.94. The minimum atomic E-state index is -0.0874. The van der Waals surface area contributed by atoms with Crippen molar-refractivity contribution < 1.29 is 4.74 Å². The Morgan fingerprint density at radius 2 is 2.29 bits per heavy atom. The van der Waals surface area contributed by atoms with E-state index >= 15 is 0 Å². The van der Waals surface area contributed by atoms with Crippen LogP contribution in [0.3, 0.4) is 0 Å². The van der Waals surface area contributed by atoms with Crippen molar-refractivity contribution in [3.05, 3.63) is 18.1 Å². The molecule has 90 valence electrons. The zero-order chi connectivity index (χ0) is 12.3. The fourth-order valence-corrected chi connectivity index (χ4v) is 2.02. The summed E-state index contributed by atoms with van der Waals surface area (Å²) in [6.07, 6.45) is 4.98. The number of nitrogens with one attached hydrogen (secondary N) is 1. The monoisotopic (exact) mass is 232 g/mol. The lowest BCUT2D eigenvalue weighted by Crippen LogP contribution is -2.40. The molecule has 5 heteroatoms. The summed E-state index contributed by atoms with van der Waals surface area (Å²) in [7, 11) is 0. The predicted octanol–water partition coefficient (Wildman–Crippen LogP) is 1.72. The van der Waals surface area contributed by atoms with E-state index < -0.39 is 0 Å². The van der Waals surface area contributed by atoms with Crippen molar-refractivity contribution in [3.63, 3.8) is 0 Å². The molecule has 1 atom stereocenters. The first kappa shape index (κ1) is 11.8. The Morgan fingerprint density at radius 3 is 2.88 bits per heavy atom. The molecule has 0 bridgehead atoms. The number of rotatable bonds is 2. The van der Waals surface area contributed by atoms with Crippen molar-refractivity contribution in [3.8, 4) is 6.07 Å². The summed E-state index contributed by atoms with van der Waals surface area (Å²) in [5.41, 5.74) is 0.249. The van der Waals surface area contributed by atoms with Crippen molar-refractivity contribution in [2.24, 2.45) is 0 Å². The SMILES string of the molecule is CC1(C)CC(Nc2cnc(C#N)cn2)CCO1. The van der Waals surface area contributed by atoms with Gasteiger partial charge in [0.15, 0.2) is 5.69 Å². The van der Waals surface area contributed by atoms with E-state index in [0.29, 0.717) is 17.6 Å². The van der Waals surface area contributed by atoms with Gasteiger partial charge in [-0.1, -0.05) is 0 Å². The van der Waals surface area contributed by atoms with Crippen LogP contribution in [0, 0.1) is 11.3 Å².